The highest BCUT2D eigenvalue weighted by molar-refractivity contribution is 14.0. The second-order valence-electron chi connectivity index (χ2n) is 7.44. The second-order valence-corrected chi connectivity index (χ2v) is 7.44. The molecule has 166 valence electrons. The molecule has 1 heterocycles. The first kappa shape index (κ1) is 24.8. The van der Waals surface area contributed by atoms with E-state index in [1.54, 1.807) is 6.33 Å². The van der Waals surface area contributed by atoms with E-state index in [1.165, 1.54) is 16.7 Å². The summed E-state index contributed by atoms with van der Waals surface area (Å²) in [7, 11) is 2.09. The summed E-state index contributed by atoms with van der Waals surface area (Å²) in [6.45, 7) is 7.40. The van der Waals surface area contributed by atoms with Gasteiger partial charge in [0.15, 0.2) is 5.96 Å². The minimum absolute atomic E-state index is 0. The molecule has 0 saturated heterocycles. The molecule has 0 atom stereocenters. The Morgan fingerprint density at radius 1 is 1.10 bits per heavy atom. The molecular formula is C24H33IN6. The molecule has 3 aromatic rings. The van der Waals surface area contributed by atoms with Crippen LogP contribution in [0.2, 0.25) is 0 Å². The Kier molecular flexibility index (Phi) is 10.5. The van der Waals surface area contributed by atoms with Crippen LogP contribution in [0.5, 0.6) is 0 Å². The molecule has 0 saturated carbocycles. The van der Waals surface area contributed by atoms with Crippen molar-refractivity contribution in [3.8, 4) is 0 Å². The van der Waals surface area contributed by atoms with E-state index >= 15 is 0 Å². The molecule has 0 radical (unpaired) electrons. The van der Waals surface area contributed by atoms with Crippen LogP contribution < -0.4 is 5.32 Å². The van der Waals surface area contributed by atoms with E-state index in [0.717, 1.165) is 50.8 Å². The largest absolute Gasteiger partial charge is 0.354 e. The number of hydrogen-bond donors (Lipinski definition) is 1. The van der Waals surface area contributed by atoms with Gasteiger partial charge in [0.25, 0.3) is 0 Å². The van der Waals surface area contributed by atoms with Crippen molar-refractivity contribution in [3.63, 3.8) is 0 Å². The number of nitrogens with one attached hydrogen (secondary N) is 1. The predicted molar refractivity (Wildman–Crippen MR) is 138 cm³/mol. The lowest BCUT2D eigenvalue weighted by Gasteiger charge is -2.23. The molecule has 6 nitrogen and oxygen atoms in total. The first-order valence-corrected chi connectivity index (χ1v) is 10.6. The number of halogens is 1. The summed E-state index contributed by atoms with van der Waals surface area (Å²) in [5.41, 5.74) is 3.91. The van der Waals surface area contributed by atoms with Crippen molar-refractivity contribution in [1.82, 2.24) is 25.0 Å². The van der Waals surface area contributed by atoms with Crippen molar-refractivity contribution >= 4 is 29.9 Å². The lowest BCUT2D eigenvalue weighted by molar-refractivity contribution is 0.469. The van der Waals surface area contributed by atoms with E-state index in [0.29, 0.717) is 0 Å². The number of aryl methyl sites for hydroxylation is 2. The average Bonchev–Trinajstić information content (AvgIpc) is 3.22. The molecule has 0 aliphatic heterocycles. The van der Waals surface area contributed by atoms with Crippen molar-refractivity contribution in [3.05, 3.63) is 83.4 Å². The quantitative estimate of drug-likeness (QED) is 0.256. The summed E-state index contributed by atoms with van der Waals surface area (Å²) in [5, 5.41) is 11.7. The monoisotopic (exact) mass is 532 g/mol. The third-order valence-electron chi connectivity index (χ3n) is 5.18. The molecule has 0 fully saturated rings. The van der Waals surface area contributed by atoms with E-state index in [-0.39, 0.29) is 24.0 Å². The van der Waals surface area contributed by atoms with Crippen LogP contribution in [0.3, 0.4) is 0 Å². The van der Waals surface area contributed by atoms with E-state index in [9.17, 15) is 0 Å². The molecule has 0 aliphatic rings. The van der Waals surface area contributed by atoms with Crippen LogP contribution in [0.4, 0.5) is 0 Å². The highest BCUT2D eigenvalue weighted by Crippen LogP contribution is 2.10. The van der Waals surface area contributed by atoms with Gasteiger partial charge in [-0.05, 0) is 30.0 Å². The molecule has 3 rings (SSSR count). The zero-order valence-corrected chi connectivity index (χ0v) is 21.0. The topological polar surface area (TPSA) is 58.3 Å². The Labute approximate surface area is 202 Å². The van der Waals surface area contributed by atoms with E-state index < -0.39 is 0 Å². The molecule has 0 amide bonds. The molecule has 7 heteroatoms. The molecule has 1 N–H and O–H groups in total. The molecule has 0 spiro atoms. The highest BCUT2D eigenvalue weighted by atomic mass is 127. The van der Waals surface area contributed by atoms with Crippen LogP contribution in [0.15, 0.2) is 65.9 Å². The fourth-order valence-electron chi connectivity index (χ4n) is 3.39. The van der Waals surface area contributed by atoms with Crippen LogP contribution in [-0.2, 0) is 25.9 Å². The molecule has 31 heavy (non-hydrogen) atoms. The first-order valence-electron chi connectivity index (χ1n) is 10.6. The number of benzene rings is 2. The van der Waals surface area contributed by atoms with Crippen molar-refractivity contribution in [1.29, 1.82) is 0 Å². The predicted octanol–water partition coefficient (Wildman–Crippen LogP) is 4.09. The van der Waals surface area contributed by atoms with Gasteiger partial charge >= 0.3 is 0 Å². The zero-order chi connectivity index (χ0) is 21.2. The normalized spacial score (nSPS) is 11.1. The lowest BCUT2D eigenvalue weighted by Crippen LogP contribution is -2.40. The maximum absolute atomic E-state index is 4.90. The highest BCUT2D eigenvalue weighted by Gasteiger charge is 2.09. The number of guanidine groups is 1. The summed E-state index contributed by atoms with van der Waals surface area (Å²) in [5.74, 6) is 1.92. The fourth-order valence-corrected chi connectivity index (χ4v) is 3.39. The van der Waals surface area contributed by atoms with Gasteiger partial charge in [0.05, 0.1) is 0 Å². The number of aliphatic imine (C=N–C) groups is 1. The van der Waals surface area contributed by atoms with Crippen LogP contribution in [-0.4, -0.2) is 45.8 Å². The molecule has 1 aromatic heterocycles. The summed E-state index contributed by atoms with van der Waals surface area (Å²) in [4.78, 5) is 7.09. The second kappa shape index (κ2) is 13.1. The number of rotatable bonds is 9. The summed E-state index contributed by atoms with van der Waals surface area (Å²) >= 11 is 0. The van der Waals surface area contributed by atoms with Crippen molar-refractivity contribution in [2.24, 2.45) is 4.99 Å². The van der Waals surface area contributed by atoms with Crippen molar-refractivity contribution in [2.45, 2.75) is 39.8 Å². The third-order valence-corrected chi connectivity index (χ3v) is 5.18. The van der Waals surface area contributed by atoms with Gasteiger partial charge in [-0.15, -0.1) is 34.2 Å². The van der Waals surface area contributed by atoms with Gasteiger partial charge in [-0.25, -0.2) is 0 Å². The molecular weight excluding hydrogens is 499 g/mol. The minimum Gasteiger partial charge on any atom is -0.354 e. The third kappa shape index (κ3) is 7.65. The summed E-state index contributed by atoms with van der Waals surface area (Å²) in [6.07, 6.45) is 3.60. The minimum atomic E-state index is 0. The van der Waals surface area contributed by atoms with E-state index in [1.807, 2.05) is 6.07 Å². The Balaban J connectivity index is 0.00000341. The van der Waals surface area contributed by atoms with Gasteiger partial charge in [0.1, 0.15) is 12.2 Å². The van der Waals surface area contributed by atoms with Crippen molar-refractivity contribution < 1.29 is 0 Å². The molecule has 0 aliphatic carbocycles. The van der Waals surface area contributed by atoms with Crippen LogP contribution >= 0.6 is 24.0 Å². The van der Waals surface area contributed by atoms with E-state index in [4.69, 9.17) is 4.99 Å². The van der Waals surface area contributed by atoms with Crippen LogP contribution in [0.1, 0.15) is 29.4 Å². The summed E-state index contributed by atoms with van der Waals surface area (Å²) < 4.78 is 2.09. The lowest BCUT2D eigenvalue weighted by atomic mass is 10.1. The van der Waals surface area contributed by atoms with Crippen molar-refractivity contribution in [2.75, 3.05) is 20.1 Å². The zero-order valence-electron chi connectivity index (χ0n) is 18.7. The number of hydrogen-bond acceptors (Lipinski definition) is 3. The Bertz CT molecular complexity index is 938. The van der Waals surface area contributed by atoms with E-state index in [2.05, 4.69) is 94.4 Å². The number of nitrogens with zero attached hydrogens (tertiary/aromatic N) is 5. The SMILES string of the molecule is CCc1nncn1CCNC(=NCCc1ccccc1)N(C)Cc1ccccc1C.I. The number of aromatic nitrogens is 3. The van der Waals surface area contributed by atoms with Gasteiger partial charge in [0.2, 0.25) is 0 Å². The van der Waals surface area contributed by atoms with Gasteiger partial charge in [-0.3, -0.25) is 4.99 Å². The average molecular weight is 532 g/mol. The molecule has 0 unspecified atom stereocenters. The van der Waals surface area contributed by atoms with Gasteiger partial charge in [-0.2, -0.15) is 0 Å². The Morgan fingerprint density at radius 2 is 1.84 bits per heavy atom. The summed E-state index contributed by atoms with van der Waals surface area (Å²) in [6, 6.07) is 19.0. The Morgan fingerprint density at radius 3 is 2.58 bits per heavy atom. The van der Waals surface area contributed by atoms with Gasteiger partial charge in [0, 0.05) is 39.6 Å². The smallest absolute Gasteiger partial charge is 0.194 e. The van der Waals surface area contributed by atoms with Gasteiger partial charge < -0.3 is 14.8 Å². The standard InChI is InChI=1S/C24H32N6.HI/c1-4-23-28-27-19-30(23)17-16-26-24(25-15-14-21-11-6-5-7-12-21)29(3)18-22-13-9-8-10-20(22)2;/h5-13,19H,4,14-18H2,1-3H3,(H,25,26);1H. The van der Waals surface area contributed by atoms with Crippen LogP contribution in [0, 0.1) is 6.92 Å². The van der Waals surface area contributed by atoms with Gasteiger partial charge in [-0.1, -0.05) is 61.5 Å². The first-order chi connectivity index (χ1) is 14.7. The maximum Gasteiger partial charge on any atom is 0.194 e. The molecule has 0 bridgehead atoms. The van der Waals surface area contributed by atoms with Crippen LogP contribution in [0.25, 0.3) is 0 Å². The maximum atomic E-state index is 4.90. The Hall–Kier alpha value is -2.42. The molecule has 2 aromatic carbocycles. The fraction of sp³-hybridized carbons (Fsp3) is 0.375.